The zero-order valence-corrected chi connectivity index (χ0v) is 16.8. The van der Waals surface area contributed by atoms with E-state index in [9.17, 15) is 9.59 Å². The highest BCUT2D eigenvalue weighted by molar-refractivity contribution is 6.74. The molecule has 0 aliphatic heterocycles. The van der Waals surface area contributed by atoms with Crippen LogP contribution in [0.1, 0.15) is 61.3 Å². The number of hydrogen-bond acceptors (Lipinski definition) is 4. The molecular formula is C17H34O4Si. The Kier molecular flexibility index (Phi) is 7.49. The third kappa shape index (κ3) is 7.05. The van der Waals surface area contributed by atoms with Crippen LogP contribution in [0.3, 0.4) is 0 Å². The zero-order chi connectivity index (χ0) is 17.8. The van der Waals surface area contributed by atoms with E-state index in [0.29, 0.717) is 19.4 Å². The van der Waals surface area contributed by atoms with Gasteiger partial charge >= 0.3 is 5.97 Å². The Morgan fingerprint density at radius 1 is 1.05 bits per heavy atom. The van der Waals surface area contributed by atoms with E-state index in [-0.39, 0.29) is 11.0 Å². The molecule has 0 aromatic rings. The molecule has 0 spiro atoms. The fraction of sp³-hybridized carbons (Fsp3) is 0.882. The Bertz CT molecular complexity index is 388. The van der Waals surface area contributed by atoms with Gasteiger partial charge in [0, 0.05) is 12.5 Å². The quantitative estimate of drug-likeness (QED) is 0.396. The maximum atomic E-state index is 12.2. The summed E-state index contributed by atoms with van der Waals surface area (Å²) in [5, 5.41) is 0.143. The van der Waals surface area contributed by atoms with Crippen molar-refractivity contribution in [2.24, 2.45) is 5.92 Å². The summed E-state index contributed by atoms with van der Waals surface area (Å²) in [6.07, 6.45) is 1.19. The molecule has 0 bridgehead atoms. The predicted molar refractivity (Wildman–Crippen MR) is 92.4 cm³/mol. The average Bonchev–Trinajstić information content (AvgIpc) is 2.30. The van der Waals surface area contributed by atoms with Crippen molar-refractivity contribution in [3.63, 3.8) is 0 Å². The summed E-state index contributed by atoms with van der Waals surface area (Å²) in [5.74, 6) is -1.48. The lowest BCUT2D eigenvalue weighted by Crippen LogP contribution is -2.41. The first-order valence-corrected chi connectivity index (χ1v) is 11.0. The number of rotatable bonds is 7. The van der Waals surface area contributed by atoms with Crippen molar-refractivity contribution in [2.75, 3.05) is 6.61 Å². The monoisotopic (exact) mass is 330 g/mol. The van der Waals surface area contributed by atoms with Crippen LogP contribution in [0.15, 0.2) is 0 Å². The summed E-state index contributed by atoms with van der Waals surface area (Å²) in [6.45, 7) is 18.6. The summed E-state index contributed by atoms with van der Waals surface area (Å²) in [5.41, 5.74) is -0.636. The second kappa shape index (κ2) is 7.73. The summed E-state index contributed by atoms with van der Waals surface area (Å²) in [4.78, 5) is 24.1. The fourth-order valence-corrected chi connectivity index (χ4v) is 2.75. The molecule has 0 heterocycles. The first-order valence-electron chi connectivity index (χ1n) is 8.12. The lowest BCUT2D eigenvalue weighted by atomic mass is 9.97. The maximum Gasteiger partial charge on any atom is 0.375 e. The van der Waals surface area contributed by atoms with Crippen molar-refractivity contribution in [1.82, 2.24) is 0 Å². The first-order chi connectivity index (χ1) is 9.71. The zero-order valence-electron chi connectivity index (χ0n) is 15.8. The number of Topliss-reactive ketones (excluding diaryl/α,β-unsaturated/α-hetero) is 1. The van der Waals surface area contributed by atoms with E-state index in [1.54, 1.807) is 20.8 Å². The highest BCUT2D eigenvalue weighted by atomic mass is 28.4. The normalized spacial score (nSPS) is 14.6. The van der Waals surface area contributed by atoms with Crippen LogP contribution in [0.25, 0.3) is 0 Å². The van der Waals surface area contributed by atoms with Crippen molar-refractivity contribution >= 4 is 20.1 Å². The molecular weight excluding hydrogens is 296 g/mol. The number of ketones is 1. The Morgan fingerprint density at radius 3 is 1.91 bits per heavy atom. The van der Waals surface area contributed by atoms with Gasteiger partial charge in [-0.2, -0.15) is 0 Å². The summed E-state index contributed by atoms with van der Waals surface area (Å²) in [7, 11) is -1.81. The molecule has 0 aliphatic rings. The van der Waals surface area contributed by atoms with Crippen molar-refractivity contribution in [3.8, 4) is 0 Å². The molecule has 0 radical (unpaired) electrons. The highest BCUT2D eigenvalue weighted by Crippen LogP contribution is 2.36. The Labute approximate surface area is 137 Å². The van der Waals surface area contributed by atoms with E-state index in [1.807, 2.05) is 6.92 Å². The molecule has 0 saturated carbocycles. The van der Waals surface area contributed by atoms with Gasteiger partial charge in [-0.15, -0.1) is 0 Å². The molecule has 0 rings (SSSR count). The first kappa shape index (κ1) is 21.3. The SMILES string of the molecule is CC[C@@H](CCO[Si](C)(C)C(C)(C)C)C(=O)C(=O)OC(C)(C)C. The van der Waals surface area contributed by atoms with E-state index in [2.05, 4.69) is 33.9 Å². The molecule has 4 nitrogen and oxygen atoms in total. The molecule has 0 unspecified atom stereocenters. The number of carbonyl (C=O) groups excluding carboxylic acids is 2. The van der Waals surface area contributed by atoms with Crippen LogP contribution < -0.4 is 0 Å². The van der Waals surface area contributed by atoms with Crippen molar-refractivity contribution in [1.29, 1.82) is 0 Å². The third-order valence-corrected chi connectivity index (χ3v) is 8.74. The summed E-state index contributed by atoms with van der Waals surface area (Å²) >= 11 is 0. The fourth-order valence-electron chi connectivity index (χ4n) is 1.69. The summed E-state index contributed by atoms with van der Waals surface area (Å²) < 4.78 is 11.3. The smallest absolute Gasteiger partial charge is 0.375 e. The molecule has 22 heavy (non-hydrogen) atoms. The molecule has 0 N–H and O–H groups in total. The topological polar surface area (TPSA) is 52.6 Å². The van der Waals surface area contributed by atoms with Gasteiger partial charge in [0.2, 0.25) is 5.78 Å². The molecule has 0 fully saturated rings. The molecule has 1 atom stereocenters. The van der Waals surface area contributed by atoms with Gasteiger partial charge in [-0.1, -0.05) is 27.7 Å². The molecule has 0 saturated heterocycles. The minimum atomic E-state index is -1.81. The van der Waals surface area contributed by atoms with Crippen LogP contribution in [0.4, 0.5) is 0 Å². The van der Waals surface area contributed by atoms with Crippen molar-refractivity contribution < 1.29 is 18.8 Å². The largest absolute Gasteiger partial charge is 0.454 e. The lowest BCUT2D eigenvalue weighted by molar-refractivity contribution is -0.164. The van der Waals surface area contributed by atoms with Crippen LogP contribution in [-0.2, 0) is 18.8 Å². The average molecular weight is 331 g/mol. The van der Waals surface area contributed by atoms with E-state index >= 15 is 0 Å². The summed E-state index contributed by atoms with van der Waals surface area (Å²) in [6, 6.07) is 0. The van der Waals surface area contributed by atoms with Gasteiger partial charge in [0.25, 0.3) is 0 Å². The molecule has 0 aromatic carbocycles. The van der Waals surface area contributed by atoms with Crippen molar-refractivity contribution in [3.05, 3.63) is 0 Å². The molecule has 130 valence electrons. The predicted octanol–water partition coefficient (Wildman–Crippen LogP) is 4.34. The van der Waals surface area contributed by atoms with Gasteiger partial charge in [0.1, 0.15) is 5.60 Å². The second-order valence-electron chi connectivity index (χ2n) is 8.37. The van der Waals surface area contributed by atoms with Crippen LogP contribution >= 0.6 is 0 Å². The molecule has 0 amide bonds. The van der Waals surface area contributed by atoms with Gasteiger partial charge in [0.15, 0.2) is 8.32 Å². The number of esters is 1. The number of hydrogen-bond donors (Lipinski definition) is 0. The van der Waals surface area contributed by atoms with Gasteiger partial charge in [0.05, 0.1) is 0 Å². The molecule has 0 aromatic heterocycles. The standard InChI is InChI=1S/C17H34O4Si/c1-10-13(14(18)15(19)21-16(2,3)4)11-12-20-22(8,9)17(5,6)7/h13H,10-12H2,1-9H3/t13-/m0/s1. The Hall–Kier alpha value is -0.683. The van der Waals surface area contributed by atoms with Gasteiger partial charge in [-0.25, -0.2) is 4.79 Å². The maximum absolute atomic E-state index is 12.2. The van der Waals surface area contributed by atoms with E-state index in [4.69, 9.17) is 9.16 Å². The molecule has 5 heteroatoms. The minimum absolute atomic E-state index is 0.143. The van der Waals surface area contributed by atoms with Crippen LogP contribution in [0.2, 0.25) is 18.1 Å². The van der Waals surface area contributed by atoms with E-state index in [0.717, 1.165) is 0 Å². The highest BCUT2D eigenvalue weighted by Gasteiger charge is 2.37. The van der Waals surface area contributed by atoms with Crippen LogP contribution in [0, 0.1) is 5.92 Å². The minimum Gasteiger partial charge on any atom is -0.454 e. The van der Waals surface area contributed by atoms with Gasteiger partial charge in [-0.3, -0.25) is 4.79 Å². The van der Waals surface area contributed by atoms with Gasteiger partial charge < -0.3 is 9.16 Å². The second-order valence-corrected chi connectivity index (χ2v) is 13.2. The number of ether oxygens (including phenoxy) is 1. The number of carbonyl (C=O) groups is 2. The van der Waals surface area contributed by atoms with Crippen LogP contribution in [-0.4, -0.2) is 32.3 Å². The van der Waals surface area contributed by atoms with E-state index in [1.165, 1.54) is 0 Å². The Morgan fingerprint density at radius 2 is 1.55 bits per heavy atom. The third-order valence-electron chi connectivity index (χ3n) is 4.20. The lowest BCUT2D eigenvalue weighted by Gasteiger charge is -2.36. The van der Waals surface area contributed by atoms with E-state index < -0.39 is 25.7 Å². The Balaban J connectivity index is 4.56. The van der Waals surface area contributed by atoms with Gasteiger partial charge in [-0.05, 0) is 51.7 Å². The van der Waals surface area contributed by atoms with Crippen LogP contribution in [0.5, 0.6) is 0 Å². The molecule has 0 aliphatic carbocycles. The van der Waals surface area contributed by atoms with Crippen molar-refractivity contribution in [2.45, 2.75) is 85.0 Å².